The molecule has 3 aliphatic rings. The first-order valence-corrected chi connectivity index (χ1v) is 12.7. The SMILES string of the molecule is CC(C)N/C=C(\C=N)c1ccc(Nc2ncc3c(n2)N(C2CCCC2)C(=O)[C@]2(CCNC2=O)C3)cc1. The van der Waals surface area contributed by atoms with Crippen LogP contribution in [0.3, 0.4) is 0 Å². The fraction of sp³-hybridized carbons (Fsp3) is 0.444. The monoisotopic (exact) mass is 487 g/mol. The van der Waals surface area contributed by atoms with Crippen molar-refractivity contribution in [2.24, 2.45) is 5.41 Å². The van der Waals surface area contributed by atoms with Crippen LogP contribution in [-0.2, 0) is 16.0 Å². The second-order valence-electron chi connectivity index (χ2n) is 10.2. The fourth-order valence-electron chi connectivity index (χ4n) is 5.40. The molecule has 188 valence electrons. The lowest BCUT2D eigenvalue weighted by Gasteiger charge is -2.40. The molecule has 2 aliphatic heterocycles. The van der Waals surface area contributed by atoms with Crippen molar-refractivity contribution >= 4 is 41.1 Å². The molecule has 1 spiro atoms. The Morgan fingerprint density at radius 2 is 1.97 bits per heavy atom. The van der Waals surface area contributed by atoms with E-state index in [2.05, 4.69) is 20.9 Å². The number of allylic oxidation sites excluding steroid dienone is 1. The molecular formula is C27H33N7O2. The highest BCUT2D eigenvalue weighted by Gasteiger charge is 2.56. The van der Waals surface area contributed by atoms with Gasteiger partial charge in [-0.2, -0.15) is 4.98 Å². The normalized spacial score (nSPS) is 22.2. The number of amides is 2. The molecule has 9 nitrogen and oxygen atoms in total. The van der Waals surface area contributed by atoms with Gasteiger partial charge in [-0.3, -0.25) is 14.5 Å². The minimum Gasteiger partial charge on any atom is -0.388 e. The van der Waals surface area contributed by atoms with Crippen molar-refractivity contribution in [3.63, 3.8) is 0 Å². The third-order valence-electron chi connectivity index (χ3n) is 7.35. The molecule has 1 aromatic heterocycles. The van der Waals surface area contributed by atoms with E-state index in [1.165, 1.54) is 6.21 Å². The first-order valence-electron chi connectivity index (χ1n) is 12.7. The predicted molar refractivity (Wildman–Crippen MR) is 140 cm³/mol. The van der Waals surface area contributed by atoms with Gasteiger partial charge in [-0.15, -0.1) is 0 Å². The summed E-state index contributed by atoms with van der Waals surface area (Å²) in [5, 5.41) is 17.1. The van der Waals surface area contributed by atoms with E-state index >= 15 is 0 Å². The number of aromatic nitrogens is 2. The van der Waals surface area contributed by atoms with E-state index in [1.54, 1.807) is 11.1 Å². The van der Waals surface area contributed by atoms with Crippen molar-refractivity contribution in [3.05, 3.63) is 47.8 Å². The topological polar surface area (TPSA) is 123 Å². The average Bonchev–Trinajstić information content (AvgIpc) is 3.52. The van der Waals surface area contributed by atoms with Crippen molar-refractivity contribution in [1.82, 2.24) is 20.6 Å². The Morgan fingerprint density at radius 1 is 1.22 bits per heavy atom. The number of hydrogen-bond donors (Lipinski definition) is 4. The summed E-state index contributed by atoms with van der Waals surface area (Å²) < 4.78 is 0. The largest absolute Gasteiger partial charge is 0.388 e. The van der Waals surface area contributed by atoms with E-state index in [0.29, 0.717) is 31.2 Å². The van der Waals surface area contributed by atoms with Crippen molar-refractivity contribution in [2.45, 2.75) is 64.5 Å². The van der Waals surface area contributed by atoms with Crippen LogP contribution in [0.15, 0.2) is 36.7 Å². The Morgan fingerprint density at radius 3 is 2.61 bits per heavy atom. The lowest BCUT2D eigenvalue weighted by atomic mass is 9.76. The molecule has 1 aliphatic carbocycles. The minimum absolute atomic E-state index is 0.0645. The van der Waals surface area contributed by atoms with Gasteiger partial charge < -0.3 is 21.4 Å². The van der Waals surface area contributed by atoms with Crippen molar-refractivity contribution in [3.8, 4) is 0 Å². The Labute approximate surface area is 211 Å². The number of hydrogen-bond acceptors (Lipinski definition) is 7. The fourth-order valence-corrected chi connectivity index (χ4v) is 5.40. The lowest BCUT2D eigenvalue weighted by Crippen LogP contribution is -2.56. The highest BCUT2D eigenvalue weighted by atomic mass is 16.2. The standard InChI is InChI=1S/C27H33N7O2/c1-17(2)30-16-20(14-28)18-7-9-21(10-8-18)32-26-31-15-19-13-27(11-12-29-24(27)35)25(36)34(23(19)33-26)22-5-3-4-6-22/h7-10,14-17,22,28,30H,3-6,11-13H2,1-2H3,(H,29,35)(H,31,32,33)/b20-16+,28-14?/t27-/m1/s1. The quantitative estimate of drug-likeness (QED) is 0.350. The molecule has 36 heavy (non-hydrogen) atoms. The van der Waals surface area contributed by atoms with Gasteiger partial charge in [-0.1, -0.05) is 25.0 Å². The van der Waals surface area contributed by atoms with Crippen molar-refractivity contribution < 1.29 is 9.59 Å². The Balaban J connectivity index is 1.42. The molecule has 1 saturated heterocycles. The zero-order valence-electron chi connectivity index (χ0n) is 20.8. The number of anilines is 3. The minimum atomic E-state index is -1.03. The molecule has 9 heteroatoms. The molecule has 1 aromatic carbocycles. The third-order valence-corrected chi connectivity index (χ3v) is 7.35. The van der Waals surface area contributed by atoms with Crippen LogP contribution >= 0.6 is 0 Å². The van der Waals surface area contributed by atoms with Gasteiger partial charge in [0.15, 0.2) is 0 Å². The first-order chi connectivity index (χ1) is 17.4. The highest BCUT2D eigenvalue weighted by molar-refractivity contribution is 6.14. The maximum Gasteiger partial charge on any atom is 0.244 e. The second-order valence-corrected chi connectivity index (χ2v) is 10.2. The predicted octanol–water partition coefficient (Wildman–Crippen LogP) is 3.55. The molecular weight excluding hydrogens is 454 g/mol. The number of nitrogens with one attached hydrogen (secondary N) is 4. The molecule has 1 saturated carbocycles. The molecule has 2 amide bonds. The van der Waals surface area contributed by atoms with E-state index < -0.39 is 5.41 Å². The van der Waals surface area contributed by atoms with Crippen LogP contribution in [0, 0.1) is 10.8 Å². The van der Waals surface area contributed by atoms with E-state index in [4.69, 9.17) is 10.4 Å². The van der Waals surface area contributed by atoms with Gasteiger partial charge in [0, 0.05) is 60.5 Å². The second kappa shape index (κ2) is 9.72. The zero-order valence-corrected chi connectivity index (χ0v) is 20.8. The number of carbonyl (C=O) groups excluding carboxylic acids is 2. The summed E-state index contributed by atoms with van der Waals surface area (Å²) in [6, 6.07) is 8.07. The first kappa shape index (κ1) is 24.0. The number of carbonyl (C=O) groups is 2. The van der Waals surface area contributed by atoms with Gasteiger partial charge in [0.05, 0.1) is 0 Å². The van der Waals surface area contributed by atoms with E-state index in [0.717, 1.165) is 48.1 Å². The van der Waals surface area contributed by atoms with Gasteiger partial charge in [-0.05, 0) is 50.8 Å². The lowest BCUT2D eigenvalue weighted by molar-refractivity contribution is -0.140. The van der Waals surface area contributed by atoms with Crippen LogP contribution in [0.2, 0.25) is 0 Å². The summed E-state index contributed by atoms with van der Waals surface area (Å²) in [7, 11) is 0. The molecule has 3 heterocycles. The van der Waals surface area contributed by atoms with Gasteiger partial charge in [0.1, 0.15) is 11.2 Å². The molecule has 2 fully saturated rings. The Bertz CT molecular complexity index is 1200. The van der Waals surface area contributed by atoms with Gasteiger partial charge in [0.25, 0.3) is 0 Å². The Hall–Kier alpha value is -3.75. The van der Waals surface area contributed by atoms with E-state index in [-0.39, 0.29) is 23.9 Å². The van der Waals surface area contributed by atoms with Crippen LogP contribution in [0.1, 0.15) is 57.1 Å². The van der Waals surface area contributed by atoms with Gasteiger partial charge >= 0.3 is 0 Å². The summed E-state index contributed by atoms with van der Waals surface area (Å²) in [6.07, 6.45) is 9.78. The molecule has 0 bridgehead atoms. The van der Waals surface area contributed by atoms with Crippen LogP contribution < -0.4 is 20.9 Å². The molecule has 1 atom stereocenters. The molecule has 5 rings (SSSR count). The highest BCUT2D eigenvalue weighted by Crippen LogP contribution is 2.44. The van der Waals surface area contributed by atoms with Crippen molar-refractivity contribution in [2.75, 3.05) is 16.8 Å². The maximum atomic E-state index is 13.8. The summed E-state index contributed by atoms with van der Waals surface area (Å²) in [5.74, 6) is 0.741. The number of nitrogens with zero attached hydrogens (tertiary/aromatic N) is 3. The smallest absolute Gasteiger partial charge is 0.244 e. The Kier molecular flexibility index (Phi) is 6.47. The zero-order chi connectivity index (χ0) is 25.3. The van der Waals surface area contributed by atoms with E-state index in [9.17, 15) is 9.59 Å². The van der Waals surface area contributed by atoms with Gasteiger partial charge in [0.2, 0.25) is 17.8 Å². The van der Waals surface area contributed by atoms with Crippen LogP contribution in [0.5, 0.6) is 0 Å². The average molecular weight is 488 g/mol. The number of benzene rings is 1. The third kappa shape index (κ3) is 4.34. The number of rotatable bonds is 7. The maximum absolute atomic E-state index is 13.8. The molecule has 2 aromatic rings. The molecule has 4 N–H and O–H groups in total. The van der Waals surface area contributed by atoms with Crippen molar-refractivity contribution in [1.29, 1.82) is 5.41 Å². The van der Waals surface area contributed by atoms with Crippen LogP contribution in [-0.4, -0.2) is 46.6 Å². The molecule has 0 radical (unpaired) electrons. The van der Waals surface area contributed by atoms with Crippen LogP contribution in [0.25, 0.3) is 5.57 Å². The summed E-state index contributed by atoms with van der Waals surface area (Å²) in [4.78, 5) is 37.6. The number of fused-ring (bicyclic) bond motifs is 1. The molecule has 0 unspecified atom stereocenters. The summed E-state index contributed by atoms with van der Waals surface area (Å²) in [6.45, 7) is 4.62. The van der Waals surface area contributed by atoms with Gasteiger partial charge in [-0.25, -0.2) is 4.98 Å². The summed E-state index contributed by atoms with van der Waals surface area (Å²) >= 11 is 0. The van der Waals surface area contributed by atoms with E-state index in [1.807, 2.05) is 44.3 Å². The summed E-state index contributed by atoms with van der Waals surface area (Å²) in [5.41, 5.74) is 2.33. The van der Waals surface area contributed by atoms with Crippen LogP contribution in [0.4, 0.5) is 17.5 Å².